The van der Waals surface area contributed by atoms with Crippen LogP contribution in [0.1, 0.15) is 142 Å². The van der Waals surface area contributed by atoms with Crippen molar-refractivity contribution in [2.24, 2.45) is 0 Å². The van der Waals surface area contributed by atoms with Crippen LogP contribution in [0.15, 0.2) is 0 Å². The Morgan fingerprint density at radius 3 is 1.00 bits per heavy atom. The van der Waals surface area contributed by atoms with Crippen molar-refractivity contribution in [1.82, 2.24) is 10.6 Å². The van der Waals surface area contributed by atoms with E-state index in [0.717, 1.165) is 64.6 Å². The van der Waals surface area contributed by atoms with Crippen molar-refractivity contribution in [2.75, 3.05) is 52.7 Å². The number of carbonyl (C=O) groups excluding carboxylic acids is 2. The second-order valence-corrected chi connectivity index (χ2v) is 10.7. The number of rotatable bonds is 31. The Kier molecular flexibility index (Phi) is 32.4. The molecule has 0 bridgehead atoms. The number of amides is 2. The van der Waals surface area contributed by atoms with Crippen LogP contribution < -0.4 is 10.6 Å². The predicted molar refractivity (Wildman–Crippen MR) is 164 cm³/mol. The number of hydrogen-bond donors (Lipinski definition) is 2. The molecule has 0 aromatic rings. The third-order valence-electron chi connectivity index (χ3n) is 6.82. The van der Waals surface area contributed by atoms with Gasteiger partial charge in [-0.25, -0.2) is 9.59 Å². The van der Waals surface area contributed by atoms with Crippen molar-refractivity contribution in [3.8, 4) is 0 Å². The van der Waals surface area contributed by atoms with E-state index in [1.165, 1.54) is 77.0 Å². The minimum Gasteiger partial charge on any atom is -0.450 e. The van der Waals surface area contributed by atoms with E-state index in [-0.39, 0.29) is 12.2 Å². The highest BCUT2D eigenvalue weighted by molar-refractivity contribution is 5.67. The minimum absolute atomic E-state index is 0.331. The zero-order valence-corrected chi connectivity index (χ0v) is 26.2. The first-order chi connectivity index (χ1) is 19.7. The van der Waals surface area contributed by atoms with Gasteiger partial charge in [0.1, 0.15) is 0 Å². The highest BCUT2D eigenvalue weighted by atomic mass is 16.6. The van der Waals surface area contributed by atoms with Crippen LogP contribution in [-0.4, -0.2) is 64.9 Å². The Balaban J connectivity index is 3.16. The molecule has 2 amide bonds. The Morgan fingerprint density at radius 1 is 0.400 bits per heavy atom. The highest BCUT2D eigenvalue weighted by Crippen LogP contribution is 2.14. The lowest BCUT2D eigenvalue weighted by molar-refractivity contribution is 0.119. The molecule has 0 spiro atoms. The molecule has 40 heavy (non-hydrogen) atoms. The fraction of sp³-hybridized carbons (Fsp3) is 0.938. The van der Waals surface area contributed by atoms with Gasteiger partial charge in [0.05, 0.1) is 26.4 Å². The summed E-state index contributed by atoms with van der Waals surface area (Å²) in [5, 5.41) is 5.45. The number of carbonyl (C=O) groups is 2. The first-order valence-electron chi connectivity index (χ1n) is 16.7. The topological polar surface area (TPSA) is 95.1 Å². The summed E-state index contributed by atoms with van der Waals surface area (Å²) in [6.07, 6.45) is 23.6. The zero-order valence-electron chi connectivity index (χ0n) is 26.2. The predicted octanol–water partition coefficient (Wildman–Crippen LogP) is 8.31. The maximum absolute atomic E-state index is 11.6. The molecule has 0 aliphatic rings. The Morgan fingerprint density at radius 2 is 0.700 bits per heavy atom. The molecule has 0 saturated carbocycles. The number of nitrogens with one attached hydrogen (secondary N) is 2. The van der Waals surface area contributed by atoms with Crippen molar-refractivity contribution < 1.29 is 28.5 Å². The van der Waals surface area contributed by atoms with Gasteiger partial charge in [-0.05, 0) is 25.7 Å². The molecule has 0 aromatic heterocycles. The smallest absolute Gasteiger partial charge is 0.407 e. The van der Waals surface area contributed by atoms with E-state index in [1.54, 1.807) is 0 Å². The second kappa shape index (κ2) is 33.7. The van der Waals surface area contributed by atoms with E-state index in [1.807, 2.05) is 0 Å². The van der Waals surface area contributed by atoms with E-state index >= 15 is 0 Å². The molecule has 0 saturated heterocycles. The maximum atomic E-state index is 11.6. The van der Waals surface area contributed by atoms with Gasteiger partial charge < -0.3 is 29.6 Å². The monoisotopic (exact) mass is 572 g/mol. The van der Waals surface area contributed by atoms with E-state index in [9.17, 15) is 9.59 Å². The van der Waals surface area contributed by atoms with Crippen molar-refractivity contribution in [3.63, 3.8) is 0 Å². The van der Waals surface area contributed by atoms with Gasteiger partial charge in [0.2, 0.25) is 0 Å². The summed E-state index contributed by atoms with van der Waals surface area (Å²) < 4.78 is 21.2. The minimum atomic E-state index is -0.331. The lowest BCUT2D eigenvalue weighted by atomic mass is 10.0. The van der Waals surface area contributed by atoms with Crippen molar-refractivity contribution in [2.45, 2.75) is 142 Å². The van der Waals surface area contributed by atoms with Crippen LogP contribution in [-0.2, 0) is 18.9 Å². The second-order valence-electron chi connectivity index (χ2n) is 10.7. The highest BCUT2D eigenvalue weighted by Gasteiger charge is 2.02. The lowest BCUT2D eigenvalue weighted by Gasteiger charge is -2.08. The van der Waals surface area contributed by atoms with E-state index in [0.29, 0.717) is 39.5 Å². The molecular formula is C32H64N2O6. The van der Waals surface area contributed by atoms with Crippen LogP contribution in [0.5, 0.6) is 0 Å². The van der Waals surface area contributed by atoms with Gasteiger partial charge in [-0.15, -0.1) is 0 Å². The lowest BCUT2D eigenvalue weighted by Crippen LogP contribution is -2.28. The van der Waals surface area contributed by atoms with Gasteiger partial charge in [-0.1, -0.05) is 117 Å². The molecule has 0 rings (SSSR count). The van der Waals surface area contributed by atoms with E-state index in [2.05, 4.69) is 24.5 Å². The summed E-state index contributed by atoms with van der Waals surface area (Å²) >= 11 is 0. The van der Waals surface area contributed by atoms with Crippen molar-refractivity contribution >= 4 is 12.2 Å². The SMILES string of the molecule is CCCCOCCNC(=O)OCCCCCCCCCCCCCCCCCCOC(=O)NCCOCCCC. The molecule has 8 heteroatoms. The maximum Gasteiger partial charge on any atom is 0.407 e. The Hall–Kier alpha value is -1.54. The molecule has 0 fully saturated rings. The molecule has 2 N–H and O–H groups in total. The van der Waals surface area contributed by atoms with Gasteiger partial charge >= 0.3 is 12.2 Å². The Labute approximate surface area is 246 Å². The third kappa shape index (κ3) is 32.7. The van der Waals surface area contributed by atoms with Crippen LogP contribution in [0.4, 0.5) is 9.59 Å². The molecule has 8 nitrogen and oxygen atoms in total. The number of alkyl carbamates (subject to hydrolysis) is 2. The van der Waals surface area contributed by atoms with E-state index in [4.69, 9.17) is 18.9 Å². The molecule has 0 aliphatic heterocycles. The third-order valence-corrected chi connectivity index (χ3v) is 6.82. The molecule has 0 aliphatic carbocycles. The molecule has 238 valence electrons. The number of unbranched alkanes of at least 4 members (excludes halogenated alkanes) is 17. The number of ether oxygens (including phenoxy) is 4. The molecule has 0 radical (unpaired) electrons. The number of hydrogen-bond acceptors (Lipinski definition) is 6. The Bertz CT molecular complexity index is 490. The van der Waals surface area contributed by atoms with Gasteiger partial charge in [0.15, 0.2) is 0 Å². The summed E-state index contributed by atoms with van der Waals surface area (Å²) in [6, 6.07) is 0. The standard InChI is InChI=1S/C32H64N2O6/c1-3-5-25-37-29-23-33-31(35)39-27-21-19-17-15-13-11-9-7-8-10-12-14-16-18-20-22-28-40-32(36)34-24-30-38-26-6-4-2/h3-30H2,1-2H3,(H,33,35)(H,34,36). The average molecular weight is 573 g/mol. The molecule has 0 heterocycles. The van der Waals surface area contributed by atoms with Crippen LogP contribution in [0.25, 0.3) is 0 Å². The van der Waals surface area contributed by atoms with Crippen LogP contribution in [0.2, 0.25) is 0 Å². The fourth-order valence-electron chi connectivity index (χ4n) is 4.26. The largest absolute Gasteiger partial charge is 0.450 e. The molecule has 0 atom stereocenters. The molecule has 0 unspecified atom stereocenters. The summed E-state index contributed by atoms with van der Waals surface area (Å²) in [6.45, 7) is 8.91. The normalized spacial score (nSPS) is 10.9. The van der Waals surface area contributed by atoms with Gasteiger partial charge in [0, 0.05) is 26.3 Å². The van der Waals surface area contributed by atoms with Gasteiger partial charge in [-0.2, -0.15) is 0 Å². The summed E-state index contributed by atoms with van der Waals surface area (Å²) in [5.41, 5.74) is 0. The van der Waals surface area contributed by atoms with E-state index < -0.39 is 0 Å². The zero-order chi connectivity index (χ0) is 29.2. The van der Waals surface area contributed by atoms with Gasteiger partial charge in [-0.3, -0.25) is 0 Å². The van der Waals surface area contributed by atoms with Crippen LogP contribution >= 0.6 is 0 Å². The first-order valence-corrected chi connectivity index (χ1v) is 16.7. The summed E-state index contributed by atoms with van der Waals surface area (Å²) in [5.74, 6) is 0. The first kappa shape index (κ1) is 38.5. The van der Waals surface area contributed by atoms with Crippen molar-refractivity contribution in [3.05, 3.63) is 0 Å². The van der Waals surface area contributed by atoms with Crippen molar-refractivity contribution in [1.29, 1.82) is 0 Å². The van der Waals surface area contributed by atoms with Gasteiger partial charge in [0.25, 0.3) is 0 Å². The average Bonchev–Trinajstić information content (AvgIpc) is 2.95. The van der Waals surface area contributed by atoms with Crippen LogP contribution in [0.3, 0.4) is 0 Å². The summed E-state index contributed by atoms with van der Waals surface area (Å²) in [7, 11) is 0. The summed E-state index contributed by atoms with van der Waals surface area (Å²) in [4.78, 5) is 23.2. The molecular weight excluding hydrogens is 508 g/mol. The fourth-order valence-corrected chi connectivity index (χ4v) is 4.26. The van der Waals surface area contributed by atoms with Crippen LogP contribution in [0, 0.1) is 0 Å². The quantitative estimate of drug-likeness (QED) is 0.0811. The molecule has 0 aromatic carbocycles.